The third kappa shape index (κ3) is 2.28. The lowest BCUT2D eigenvalue weighted by Gasteiger charge is -2.35. The molecule has 0 saturated heterocycles. The van der Waals surface area contributed by atoms with Crippen LogP contribution in [0.3, 0.4) is 0 Å². The number of halogens is 2. The maximum atomic E-state index is 14.4. The first-order valence-corrected chi connectivity index (χ1v) is 8.13. The smallest absolute Gasteiger partial charge is 0.315 e. The summed E-state index contributed by atoms with van der Waals surface area (Å²) in [6.45, 7) is 0. The van der Waals surface area contributed by atoms with Gasteiger partial charge in [0.1, 0.15) is 17.6 Å². The van der Waals surface area contributed by atoms with Crippen LogP contribution in [0.5, 0.6) is 0 Å². The summed E-state index contributed by atoms with van der Waals surface area (Å²) in [5.41, 5.74) is 2.43. The summed E-state index contributed by atoms with van der Waals surface area (Å²) in [7, 11) is 1.82. The van der Waals surface area contributed by atoms with Gasteiger partial charge in [0.15, 0.2) is 0 Å². The van der Waals surface area contributed by atoms with E-state index < -0.39 is 23.5 Å². The quantitative estimate of drug-likeness (QED) is 0.712. The maximum Gasteiger partial charge on any atom is 0.315 e. The van der Waals surface area contributed by atoms with Crippen molar-refractivity contribution in [1.82, 2.24) is 0 Å². The Morgan fingerprint density at radius 3 is 2.23 bits per heavy atom. The van der Waals surface area contributed by atoms with Crippen molar-refractivity contribution in [1.29, 1.82) is 0 Å². The predicted molar refractivity (Wildman–Crippen MR) is 95.8 cm³/mol. The summed E-state index contributed by atoms with van der Waals surface area (Å²) >= 11 is 0. The molecule has 0 radical (unpaired) electrons. The van der Waals surface area contributed by atoms with Crippen LogP contribution in [0, 0.1) is 11.6 Å². The number of nitrogens with zero attached hydrogens (tertiary/aromatic N) is 1. The lowest BCUT2D eigenvalue weighted by molar-refractivity contribution is -0.137. The number of aliphatic carboxylic acids is 1. The number of carbonyl (C=O) groups is 1. The van der Waals surface area contributed by atoms with Crippen LogP contribution < -0.4 is 4.90 Å². The fourth-order valence-electron chi connectivity index (χ4n) is 3.70. The van der Waals surface area contributed by atoms with Crippen LogP contribution in [-0.4, -0.2) is 18.1 Å². The Kier molecular flexibility index (Phi) is 3.72. The first kappa shape index (κ1) is 16.3. The summed E-state index contributed by atoms with van der Waals surface area (Å²) in [5, 5.41) is 9.92. The highest BCUT2D eigenvalue weighted by molar-refractivity contribution is 5.94. The van der Waals surface area contributed by atoms with Gasteiger partial charge in [-0.2, -0.15) is 0 Å². The van der Waals surface area contributed by atoms with Crippen LogP contribution in [0.1, 0.15) is 17.0 Å². The predicted octanol–water partition coefficient (Wildman–Crippen LogP) is 4.93. The Bertz CT molecular complexity index is 1010. The molecule has 1 atom stereocenters. The number of hydrogen-bond donors (Lipinski definition) is 1. The molecule has 3 aromatic rings. The lowest BCUT2D eigenvalue weighted by Crippen LogP contribution is -2.26. The summed E-state index contributed by atoms with van der Waals surface area (Å²) in [5.74, 6) is -3.50. The van der Waals surface area contributed by atoms with Crippen molar-refractivity contribution in [3.8, 4) is 11.1 Å². The van der Waals surface area contributed by atoms with Crippen LogP contribution in [0.2, 0.25) is 0 Å². The normalized spacial score (nSPS) is 15.3. The topological polar surface area (TPSA) is 40.5 Å². The van der Waals surface area contributed by atoms with E-state index in [1.54, 1.807) is 30.3 Å². The van der Waals surface area contributed by atoms with E-state index in [2.05, 4.69) is 0 Å². The highest BCUT2D eigenvalue weighted by atomic mass is 19.1. The number of benzene rings is 3. The molecule has 5 heteroatoms. The third-order valence-electron chi connectivity index (χ3n) is 4.82. The number of rotatable bonds is 2. The minimum absolute atomic E-state index is 0.205. The van der Waals surface area contributed by atoms with Gasteiger partial charge >= 0.3 is 5.97 Å². The highest BCUT2D eigenvalue weighted by Crippen LogP contribution is 2.49. The summed E-state index contributed by atoms with van der Waals surface area (Å²) < 4.78 is 28.9. The van der Waals surface area contributed by atoms with Gasteiger partial charge in [-0.1, -0.05) is 36.4 Å². The summed E-state index contributed by atoms with van der Waals surface area (Å²) in [6, 6.07) is 15.8. The van der Waals surface area contributed by atoms with Gasteiger partial charge < -0.3 is 10.0 Å². The molecule has 1 heterocycles. The van der Waals surface area contributed by atoms with Crippen LogP contribution >= 0.6 is 0 Å². The number of hydrogen-bond acceptors (Lipinski definition) is 2. The van der Waals surface area contributed by atoms with Crippen molar-refractivity contribution in [3.05, 3.63) is 83.4 Å². The van der Waals surface area contributed by atoms with E-state index in [0.29, 0.717) is 16.8 Å². The second-order valence-electron chi connectivity index (χ2n) is 6.22. The SMILES string of the molecule is CN1c2ccccc2C(C(=O)O)c2c(-c3c(F)cccc3F)cccc21. The van der Waals surface area contributed by atoms with Crippen molar-refractivity contribution < 1.29 is 18.7 Å². The molecule has 1 aliphatic rings. The second-order valence-corrected chi connectivity index (χ2v) is 6.22. The number of carboxylic acids is 1. The first-order valence-electron chi connectivity index (χ1n) is 8.13. The molecule has 0 saturated carbocycles. The molecule has 0 amide bonds. The zero-order valence-electron chi connectivity index (χ0n) is 13.9. The molecule has 0 fully saturated rings. The fourth-order valence-corrected chi connectivity index (χ4v) is 3.70. The van der Waals surface area contributed by atoms with E-state index >= 15 is 0 Å². The average molecular weight is 351 g/mol. The van der Waals surface area contributed by atoms with Crippen LogP contribution in [0.15, 0.2) is 60.7 Å². The molecule has 3 nitrogen and oxygen atoms in total. The zero-order chi connectivity index (χ0) is 18.4. The van der Waals surface area contributed by atoms with Gasteiger partial charge in [0.25, 0.3) is 0 Å². The van der Waals surface area contributed by atoms with Gasteiger partial charge in [0.05, 0.1) is 5.56 Å². The Morgan fingerprint density at radius 1 is 0.923 bits per heavy atom. The lowest BCUT2D eigenvalue weighted by atomic mass is 9.80. The van der Waals surface area contributed by atoms with Crippen LogP contribution in [0.4, 0.5) is 20.2 Å². The van der Waals surface area contributed by atoms with Crippen LogP contribution in [0.25, 0.3) is 11.1 Å². The largest absolute Gasteiger partial charge is 0.481 e. The molecule has 130 valence electrons. The zero-order valence-corrected chi connectivity index (χ0v) is 13.9. The van der Waals surface area contributed by atoms with E-state index in [-0.39, 0.29) is 11.1 Å². The summed E-state index contributed by atoms with van der Waals surface area (Å²) in [4.78, 5) is 14.0. The number of fused-ring (bicyclic) bond motifs is 2. The molecule has 0 aliphatic carbocycles. The molecule has 1 unspecified atom stereocenters. The van der Waals surface area contributed by atoms with Crippen molar-refractivity contribution >= 4 is 17.3 Å². The molecular formula is C21H15F2NO2. The van der Waals surface area contributed by atoms with E-state index in [0.717, 1.165) is 5.69 Å². The maximum absolute atomic E-state index is 14.4. The van der Waals surface area contributed by atoms with E-state index in [9.17, 15) is 18.7 Å². The number of anilines is 2. The molecule has 4 rings (SSSR count). The molecule has 3 aromatic carbocycles. The Balaban J connectivity index is 2.08. The first-order chi connectivity index (χ1) is 12.5. The Morgan fingerprint density at radius 2 is 1.54 bits per heavy atom. The average Bonchev–Trinajstić information content (AvgIpc) is 2.62. The molecule has 1 N–H and O–H groups in total. The monoisotopic (exact) mass is 351 g/mol. The van der Waals surface area contributed by atoms with Gasteiger partial charge in [-0.05, 0) is 35.4 Å². The number of carboxylic acid groups (broad SMARTS) is 1. The van der Waals surface area contributed by atoms with Crippen molar-refractivity contribution in [2.45, 2.75) is 5.92 Å². The van der Waals surface area contributed by atoms with Gasteiger partial charge in [-0.15, -0.1) is 0 Å². The highest BCUT2D eigenvalue weighted by Gasteiger charge is 2.36. The standard InChI is InChI=1S/C21H15F2NO2/c1-24-16-10-3-2-6-12(16)20(21(25)26)19-13(7-4-11-17(19)24)18-14(22)8-5-9-15(18)23/h2-11,20H,1H3,(H,25,26). The Hall–Kier alpha value is -3.21. The second kappa shape index (κ2) is 5.95. The molecular weight excluding hydrogens is 336 g/mol. The molecule has 0 aromatic heterocycles. The summed E-state index contributed by atoms with van der Waals surface area (Å²) in [6.07, 6.45) is 0. The van der Waals surface area contributed by atoms with E-state index in [1.807, 2.05) is 24.1 Å². The van der Waals surface area contributed by atoms with Gasteiger partial charge in [0.2, 0.25) is 0 Å². The number of para-hydroxylation sites is 1. The molecule has 0 bridgehead atoms. The van der Waals surface area contributed by atoms with Gasteiger partial charge in [-0.25, -0.2) is 8.78 Å². The molecule has 1 aliphatic heterocycles. The van der Waals surface area contributed by atoms with Crippen molar-refractivity contribution in [3.63, 3.8) is 0 Å². The fraction of sp³-hybridized carbons (Fsp3) is 0.0952. The third-order valence-corrected chi connectivity index (χ3v) is 4.82. The van der Waals surface area contributed by atoms with Crippen molar-refractivity contribution in [2.75, 3.05) is 11.9 Å². The van der Waals surface area contributed by atoms with Crippen LogP contribution in [-0.2, 0) is 4.79 Å². The minimum Gasteiger partial charge on any atom is -0.481 e. The van der Waals surface area contributed by atoms with E-state index in [4.69, 9.17) is 0 Å². The van der Waals surface area contributed by atoms with E-state index in [1.165, 1.54) is 18.2 Å². The molecule has 0 spiro atoms. The Labute approximate surface area is 149 Å². The van der Waals surface area contributed by atoms with Gasteiger partial charge in [0, 0.05) is 24.0 Å². The van der Waals surface area contributed by atoms with Crippen molar-refractivity contribution in [2.24, 2.45) is 0 Å². The molecule has 26 heavy (non-hydrogen) atoms. The minimum atomic E-state index is -1.06. The van der Waals surface area contributed by atoms with Gasteiger partial charge in [-0.3, -0.25) is 4.79 Å².